The molecule has 1 aromatic rings. The van der Waals surface area contributed by atoms with Crippen LogP contribution in [0.5, 0.6) is 0 Å². The summed E-state index contributed by atoms with van der Waals surface area (Å²) in [7, 11) is 3.87. The molecule has 3 saturated heterocycles. The van der Waals surface area contributed by atoms with Crippen molar-refractivity contribution in [2.45, 2.75) is 44.8 Å². The first-order valence-electron chi connectivity index (χ1n) is 13.7. The number of Topliss-reactive ketones (excluding diaryl/α,β-unsaturated/α-hetero) is 2. The van der Waals surface area contributed by atoms with Gasteiger partial charge in [0.05, 0.1) is 37.8 Å². The van der Waals surface area contributed by atoms with E-state index in [2.05, 4.69) is 15.5 Å². The molecule has 10 heteroatoms. The van der Waals surface area contributed by atoms with Crippen LogP contribution in [-0.2, 0) is 14.4 Å². The quantitative estimate of drug-likeness (QED) is 0.446. The van der Waals surface area contributed by atoms with E-state index in [0.29, 0.717) is 31.5 Å². The highest BCUT2D eigenvalue weighted by molar-refractivity contribution is 5.99. The maximum absolute atomic E-state index is 13.5. The summed E-state index contributed by atoms with van der Waals surface area (Å²) in [5.74, 6) is -0.185. The number of carbonyl (C=O) groups is 4. The summed E-state index contributed by atoms with van der Waals surface area (Å²) in [5, 5.41) is 6.23. The van der Waals surface area contributed by atoms with Crippen LogP contribution < -0.4 is 15.5 Å². The average molecular weight is 527 g/mol. The molecule has 0 saturated carbocycles. The number of nitrogens with zero attached hydrogens (tertiary/aromatic N) is 4. The number of nitrogens with one attached hydrogen (secondary N) is 2. The van der Waals surface area contributed by atoms with Crippen LogP contribution in [0, 0.1) is 5.92 Å². The number of hydrogen-bond acceptors (Lipinski definition) is 8. The Labute approximate surface area is 225 Å². The van der Waals surface area contributed by atoms with Crippen LogP contribution in [0.15, 0.2) is 24.3 Å². The molecule has 3 fully saturated rings. The number of amides is 2. The van der Waals surface area contributed by atoms with Gasteiger partial charge in [-0.1, -0.05) is 13.8 Å². The minimum atomic E-state index is -0.642. The SMILES string of the molecule is CC(C)C[C@H](NC(=O)c1ccc(N(C)C)cc1)C(=O)CN1CC[C@@H]2C1C(=O)CN2C(=O)CN1CCNCC1. The summed E-state index contributed by atoms with van der Waals surface area (Å²) < 4.78 is 0. The Morgan fingerprint density at radius 3 is 2.37 bits per heavy atom. The van der Waals surface area contributed by atoms with Crippen LogP contribution in [0.4, 0.5) is 5.69 Å². The number of likely N-dealkylation sites (tertiary alicyclic amines) is 2. The molecule has 3 heterocycles. The van der Waals surface area contributed by atoms with Gasteiger partial charge < -0.3 is 20.4 Å². The number of hydrogen-bond donors (Lipinski definition) is 2. The van der Waals surface area contributed by atoms with Gasteiger partial charge in [0, 0.05) is 58.1 Å². The van der Waals surface area contributed by atoms with Crippen molar-refractivity contribution in [2.24, 2.45) is 5.92 Å². The Kier molecular flexibility index (Phi) is 9.17. The molecule has 1 aromatic carbocycles. The molecule has 2 N–H and O–H groups in total. The summed E-state index contributed by atoms with van der Waals surface area (Å²) >= 11 is 0. The number of piperazine rings is 1. The lowest BCUT2D eigenvalue weighted by Crippen LogP contribution is -2.50. The van der Waals surface area contributed by atoms with Crippen LogP contribution in [-0.4, -0.2) is 123 Å². The number of benzene rings is 1. The van der Waals surface area contributed by atoms with Crippen molar-refractivity contribution in [1.29, 1.82) is 0 Å². The van der Waals surface area contributed by atoms with E-state index in [4.69, 9.17) is 0 Å². The first kappa shape index (κ1) is 28.2. The summed E-state index contributed by atoms with van der Waals surface area (Å²) in [6.45, 7) is 8.53. The first-order valence-corrected chi connectivity index (χ1v) is 13.7. The minimum Gasteiger partial charge on any atom is -0.378 e. The zero-order valence-corrected chi connectivity index (χ0v) is 23.1. The van der Waals surface area contributed by atoms with Crippen molar-refractivity contribution in [2.75, 3.05) is 71.4 Å². The highest BCUT2D eigenvalue weighted by Gasteiger charge is 2.50. The standard InChI is InChI=1S/C28H42N6O4/c1-19(2)15-22(30-28(38)20-5-7-21(8-6-20)31(3)4)24(35)16-33-12-9-23-27(33)25(36)17-34(23)26(37)18-32-13-10-29-11-14-32/h5-8,19,22-23,27,29H,9-18H2,1-4H3,(H,30,38)/t22-,23+,27?/m0/s1. The Hall–Kier alpha value is -2.82. The molecule has 3 aliphatic rings. The van der Waals surface area contributed by atoms with Crippen molar-refractivity contribution in [3.05, 3.63) is 29.8 Å². The normalized spacial score (nSPS) is 23.0. The summed E-state index contributed by atoms with van der Waals surface area (Å²) in [4.78, 5) is 60.2. The molecule has 0 spiro atoms. The predicted octanol–water partition coefficient (Wildman–Crippen LogP) is 0.226. The third kappa shape index (κ3) is 6.59. The van der Waals surface area contributed by atoms with Gasteiger partial charge in [-0.3, -0.25) is 29.0 Å². The summed E-state index contributed by atoms with van der Waals surface area (Å²) in [6.07, 6.45) is 1.20. The van der Waals surface area contributed by atoms with Gasteiger partial charge in [-0.2, -0.15) is 0 Å². The predicted molar refractivity (Wildman–Crippen MR) is 146 cm³/mol. The molecular formula is C28H42N6O4. The number of rotatable bonds is 10. The molecule has 2 amide bonds. The lowest BCUT2D eigenvalue weighted by Gasteiger charge is -2.30. The average Bonchev–Trinajstić information content (AvgIpc) is 3.45. The Morgan fingerprint density at radius 2 is 1.74 bits per heavy atom. The van der Waals surface area contributed by atoms with Gasteiger partial charge >= 0.3 is 0 Å². The molecule has 0 radical (unpaired) electrons. The van der Waals surface area contributed by atoms with Crippen LogP contribution in [0.3, 0.4) is 0 Å². The lowest BCUT2D eigenvalue weighted by atomic mass is 9.99. The second-order valence-corrected chi connectivity index (χ2v) is 11.3. The molecule has 0 bridgehead atoms. The molecule has 10 nitrogen and oxygen atoms in total. The second kappa shape index (κ2) is 12.4. The van der Waals surface area contributed by atoms with Gasteiger partial charge in [0.2, 0.25) is 5.91 Å². The van der Waals surface area contributed by atoms with Crippen molar-refractivity contribution in [1.82, 2.24) is 25.3 Å². The van der Waals surface area contributed by atoms with Crippen molar-refractivity contribution in [3.63, 3.8) is 0 Å². The van der Waals surface area contributed by atoms with Crippen LogP contribution >= 0.6 is 0 Å². The highest BCUT2D eigenvalue weighted by Crippen LogP contribution is 2.30. The van der Waals surface area contributed by atoms with Crippen LogP contribution in [0.2, 0.25) is 0 Å². The zero-order chi connectivity index (χ0) is 27.4. The first-order chi connectivity index (χ1) is 18.1. The summed E-state index contributed by atoms with van der Waals surface area (Å²) in [6, 6.07) is 6.00. The minimum absolute atomic E-state index is 0.000567. The van der Waals surface area contributed by atoms with E-state index >= 15 is 0 Å². The second-order valence-electron chi connectivity index (χ2n) is 11.3. The number of ketones is 2. The van der Waals surface area contributed by atoms with E-state index < -0.39 is 12.1 Å². The molecule has 1 unspecified atom stereocenters. The van der Waals surface area contributed by atoms with E-state index in [9.17, 15) is 19.2 Å². The van der Waals surface area contributed by atoms with Gasteiger partial charge in [0.15, 0.2) is 11.6 Å². The van der Waals surface area contributed by atoms with Crippen LogP contribution in [0.1, 0.15) is 37.0 Å². The Morgan fingerprint density at radius 1 is 1.05 bits per heavy atom. The van der Waals surface area contributed by atoms with Gasteiger partial charge in [-0.15, -0.1) is 0 Å². The van der Waals surface area contributed by atoms with Crippen LogP contribution in [0.25, 0.3) is 0 Å². The van der Waals surface area contributed by atoms with E-state index in [1.165, 1.54) is 0 Å². The van der Waals surface area contributed by atoms with Crippen molar-refractivity contribution in [3.8, 4) is 0 Å². The molecule has 208 valence electrons. The fraction of sp³-hybridized carbons (Fsp3) is 0.643. The fourth-order valence-corrected chi connectivity index (χ4v) is 5.77. The molecule has 38 heavy (non-hydrogen) atoms. The zero-order valence-electron chi connectivity index (χ0n) is 23.1. The summed E-state index contributed by atoms with van der Waals surface area (Å²) in [5.41, 5.74) is 1.49. The molecule has 4 rings (SSSR count). The van der Waals surface area contributed by atoms with E-state index in [-0.39, 0.29) is 48.4 Å². The highest BCUT2D eigenvalue weighted by atomic mass is 16.2. The fourth-order valence-electron chi connectivity index (χ4n) is 5.77. The van der Waals surface area contributed by atoms with Gasteiger partial charge in [-0.05, 0) is 43.0 Å². The van der Waals surface area contributed by atoms with Gasteiger partial charge in [0.1, 0.15) is 0 Å². The molecule has 3 aliphatic heterocycles. The number of carbonyl (C=O) groups excluding carboxylic acids is 4. The number of anilines is 1. The van der Waals surface area contributed by atoms with E-state index in [0.717, 1.165) is 31.9 Å². The third-order valence-electron chi connectivity index (χ3n) is 7.82. The smallest absolute Gasteiger partial charge is 0.251 e. The monoisotopic (exact) mass is 526 g/mol. The van der Waals surface area contributed by atoms with E-state index in [1.807, 2.05) is 49.9 Å². The van der Waals surface area contributed by atoms with Gasteiger partial charge in [-0.25, -0.2) is 0 Å². The lowest BCUT2D eigenvalue weighted by molar-refractivity contribution is -0.134. The van der Waals surface area contributed by atoms with Crippen molar-refractivity contribution < 1.29 is 19.2 Å². The Bertz CT molecular complexity index is 1020. The molecular weight excluding hydrogens is 484 g/mol. The number of fused-ring (bicyclic) bond motifs is 1. The molecule has 0 aliphatic carbocycles. The third-order valence-corrected chi connectivity index (χ3v) is 7.82. The van der Waals surface area contributed by atoms with Gasteiger partial charge in [0.25, 0.3) is 5.91 Å². The Balaban J connectivity index is 1.38. The van der Waals surface area contributed by atoms with E-state index in [1.54, 1.807) is 17.0 Å². The molecule has 0 aromatic heterocycles. The molecule has 3 atom stereocenters. The maximum atomic E-state index is 13.5. The van der Waals surface area contributed by atoms with Crippen molar-refractivity contribution >= 4 is 29.1 Å². The topological polar surface area (TPSA) is 105 Å². The maximum Gasteiger partial charge on any atom is 0.251 e. The largest absolute Gasteiger partial charge is 0.378 e.